The zero-order valence-corrected chi connectivity index (χ0v) is 11.0. The summed E-state index contributed by atoms with van der Waals surface area (Å²) in [5.41, 5.74) is 5.32. The Kier molecular flexibility index (Phi) is 4.43. The van der Waals surface area contributed by atoms with Gasteiger partial charge in [-0.15, -0.1) is 0 Å². The summed E-state index contributed by atoms with van der Waals surface area (Å²) in [5, 5.41) is 0. The van der Waals surface area contributed by atoms with Crippen LogP contribution in [0.5, 0.6) is 5.75 Å². The van der Waals surface area contributed by atoms with E-state index in [-0.39, 0.29) is 16.3 Å². The van der Waals surface area contributed by atoms with Crippen LogP contribution in [-0.2, 0) is 12.6 Å². The van der Waals surface area contributed by atoms with Crippen LogP contribution in [0.2, 0.25) is 0 Å². The predicted octanol–water partition coefficient (Wildman–Crippen LogP) is 3.37. The maximum Gasteiger partial charge on any atom is 0.420 e. The molecule has 0 spiro atoms. The Labute approximate surface area is 106 Å². The Morgan fingerprint density at radius 3 is 2.41 bits per heavy atom. The summed E-state index contributed by atoms with van der Waals surface area (Å²) in [7, 11) is 1.21. The number of halogens is 4. The van der Waals surface area contributed by atoms with Gasteiger partial charge in [0.25, 0.3) is 0 Å². The lowest BCUT2D eigenvalue weighted by atomic mass is 10.0. The SMILES string of the molecule is COc1c(Br)cc(CC(C)N)cc1C(F)(F)F. The molecule has 1 aromatic carbocycles. The number of alkyl halides is 3. The molecule has 1 aromatic rings. The average molecular weight is 312 g/mol. The molecular weight excluding hydrogens is 299 g/mol. The van der Waals surface area contributed by atoms with Crippen molar-refractivity contribution in [3.8, 4) is 5.75 Å². The molecule has 0 bridgehead atoms. The molecule has 0 amide bonds. The molecule has 1 atom stereocenters. The predicted molar refractivity (Wildman–Crippen MR) is 63.0 cm³/mol. The number of ether oxygens (including phenoxy) is 1. The molecule has 1 unspecified atom stereocenters. The molecule has 17 heavy (non-hydrogen) atoms. The Bertz CT molecular complexity index is 404. The van der Waals surface area contributed by atoms with Crippen LogP contribution in [-0.4, -0.2) is 13.2 Å². The lowest BCUT2D eigenvalue weighted by molar-refractivity contribution is -0.138. The topological polar surface area (TPSA) is 35.2 Å². The second kappa shape index (κ2) is 5.27. The van der Waals surface area contributed by atoms with Gasteiger partial charge in [-0.1, -0.05) is 0 Å². The van der Waals surface area contributed by atoms with E-state index in [1.165, 1.54) is 7.11 Å². The van der Waals surface area contributed by atoms with Crippen molar-refractivity contribution in [2.75, 3.05) is 7.11 Å². The van der Waals surface area contributed by atoms with Crippen molar-refractivity contribution in [2.24, 2.45) is 5.73 Å². The van der Waals surface area contributed by atoms with E-state index in [1.54, 1.807) is 13.0 Å². The van der Waals surface area contributed by atoms with E-state index in [1.807, 2.05) is 0 Å². The van der Waals surface area contributed by atoms with Crippen LogP contribution in [0.3, 0.4) is 0 Å². The molecule has 0 aliphatic heterocycles. The van der Waals surface area contributed by atoms with Gasteiger partial charge in [-0.2, -0.15) is 13.2 Å². The van der Waals surface area contributed by atoms with Gasteiger partial charge in [0.05, 0.1) is 17.1 Å². The summed E-state index contributed by atoms with van der Waals surface area (Å²) in [5.74, 6) is -0.203. The van der Waals surface area contributed by atoms with E-state index in [2.05, 4.69) is 15.9 Å². The van der Waals surface area contributed by atoms with Crippen molar-refractivity contribution >= 4 is 15.9 Å². The van der Waals surface area contributed by atoms with Crippen LogP contribution in [0.1, 0.15) is 18.1 Å². The standard InChI is InChI=1S/C11H13BrF3NO/c1-6(16)3-7-4-8(11(13,14)15)10(17-2)9(12)5-7/h4-6H,3,16H2,1-2H3. The van der Waals surface area contributed by atoms with Gasteiger partial charge in [-0.05, 0) is 47.0 Å². The van der Waals surface area contributed by atoms with Crippen LogP contribution >= 0.6 is 15.9 Å². The maximum atomic E-state index is 12.8. The largest absolute Gasteiger partial charge is 0.495 e. The first-order chi connectivity index (χ1) is 7.75. The van der Waals surface area contributed by atoms with Crippen LogP contribution in [0.4, 0.5) is 13.2 Å². The van der Waals surface area contributed by atoms with Crippen LogP contribution in [0.15, 0.2) is 16.6 Å². The van der Waals surface area contributed by atoms with Crippen LogP contribution < -0.4 is 10.5 Å². The summed E-state index contributed by atoms with van der Waals surface area (Å²) in [6, 6.07) is 2.47. The molecule has 0 radical (unpaired) electrons. The average Bonchev–Trinajstić information content (AvgIpc) is 2.14. The zero-order chi connectivity index (χ0) is 13.2. The van der Waals surface area contributed by atoms with Gasteiger partial charge in [0.15, 0.2) is 0 Å². The molecular formula is C11H13BrF3NO. The summed E-state index contributed by atoms with van der Waals surface area (Å²) in [6.45, 7) is 1.74. The van der Waals surface area contributed by atoms with Gasteiger partial charge in [-0.3, -0.25) is 0 Å². The fraction of sp³-hybridized carbons (Fsp3) is 0.455. The molecule has 0 fully saturated rings. The number of benzene rings is 1. The van der Waals surface area contributed by atoms with Gasteiger partial charge < -0.3 is 10.5 Å². The third-order valence-electron chi connectivity index (χ3n) is 2.17. The first kappa shape index (κ1) is 14.3. The second-order valence-electron chi connectivity index (χ2n) is 3.84. The van der Waals surface area contributed by atoms with Crippen LogP contribution in [0.25, 0.3) is 0 Å². The van der Waals surface area contributed by atoms with Gasteiger partial charge >= 0.3 is 6.18 Å². The molecule has 6 heteroatoms. The molecule has 0 aromatic heterocycles. The smallest absolute Gasteiger partial charge is 0.420 e. The van der Waals surface area contributed by atoms with Crippen molar-refractivity contribution in [2.45, 2.75) is 25.6 Å². The van der Waals surface area contributed by atoms with E-state index in [0.29, 0.717) is 12.0 Å². The van der Waals surface area contributed by atoms with Crippen LogP contribution in [0, 0.1) is 0 Å². The lowest BCUT2D eigenvalue weighted by Crippen LogP contribution is -2.18. The number of nitrogens with two attached hydrogens (primary N) is 1. The summed E-state index contributed by atoms with van der Waals surface area (Å²) in [6.07, 6.45) is -4.06. The van der Waals surface area contributed by atoms with Gasteiger partial charge in [0, 0.05) is 6.04 Å². The number of rotatable bonds is 3. The summed E-state index contributed by atoms with van der Waals surface area (Å²) in [4.78, 5) is 0. The first-order valence-electron chi connectivity index (χ1n) is 4.95. The molecule has 0 aliphatic rings. The highest BCUT2D eigenvalue weighted by molar-refractivity contribution is 9.10. The highest BCUT2D eigenvalue weighted by Gasteiger charge is 2.35. The highest BCUT2D eigenvalue weighted by atomic mass is 79.9. The van der Waals surface area contributed by atoms with E-state index in [4.69, 9.17) is 10.5 Å². The van der Waals surface area contributed by atoms with Crippen molar-refractivity contribution in [3.05, 3.63) is 27.7 Å². The molecule has 1 rings (SSSR count). The normalized spacial score (nSPS) is 13.6. The summed E-state index contributed by atoms with van der Waals surface area (Å²) < 4.78 is 43.4. The molecule has 0 saturated heterocycles. The maximum absolute atomic E-state index is 12.8. The van der Waals surface area contributed by atoms with Crippen molar-refractivity contribution in [3.63, 3.8) is 0 Å². The fourth-order valence-corrected chi connectivity index (χ4v) is 2.23. The van der Waals surface area contributed by atoms with E-state index < -0.39 is 11.7 Å². The third-order valence-corrected chi connectivity index (χ3v) is 2.76. The minimum atomic E-state index is -4.44. The molecule has 2 nitrogen and oxygen atoms in total. The van der Waals surface area contributed by atoms with Crippen molar-refractivity contribution < 1.29 is 17.9 Å². The van der Waals surface area contributed by atoms with Crippen molar-refractivity contribution in [1.82, 2.24) is 0 Å². The lowest BCUT2D eigenvalue weighted by Gasteiger charge is -2.16. The number of methoxy groups -OCH3 is 1. The Morgan fingerprint density at radius 1 is 1.41 bits per heavy atom. The summed E-state index contributed by atoms with van der Waals surface area (Å²) >= 11 is 3.07. The number of hydrogen-bond acceptors (Lipinski definition) is 2. The van der Waals surface area contributed by atoms with Gasteiger partial charge in [-0.25, -0.2) is 0 Å². The number of hydrogen-bond donors (Lipinski definition) is 1. The molecule has 96 valence electrons. The minimum Gasteiger partial charge on any atom is -0.495 e. The zero-order valence-electron chi connectivity index (χ0n) is 9.44. The Morgan fingerprint density at radius 2 is 2.00 bits per heavy atom. The second-order valence-corrected chi connectivity index (χ2v) is 4.69. The van der Waals surface area contributed by atoms with Gasteiger partial charge in [0.2, 0.25) is 0 Å². The van der Waals surface area contributed by atoms with E-state index in [9.17, 15) is 13.2 Å². The Balaban J connectivity index is 3.29. The van der Waals surface area contributed by atoms with E-state index >= 15 is 0 Å². The minimum absolute atomic E-state index is 0.198. The quantitative estimate of drug-likeness (QED) is 0.929. The third kappa shape index (κ3) is 3.61. The first-order valence-corrected chi connectivity index (χ1v) is 5.74. The fourth-order valence-electron chi connectivity index (χ4n) is 1.56. The molecule has 0 heterocycles. The van der Waals surface area contributed by atoms with E-state index in [0.717, 1.165) is 6.07 Å². The van der Waals surface area contributed by atoms with Gasteiger partial charge in [0.1, 0.15) is 5.75 Å². The van der Waals surface area contributed by atoms with Crippen molar-refractivity contribution in [1.29, 1.82) is 0 Å². The Hall–Kier alpha value is -0.750. The molecule has 0 saturated carbocycles. The molecule has 0 aliphatic carbocycles. The highest BCUT2D eigenvalue weighted by Crippen LogP contribution is 2.41. The monoisotopic (exact) mass is 311 g/mol. The molecule has 2 N–H and O–H groups in total.